The van der Waals surface area contributed by atoms with Crippen molar-refractivity contribution >= 4 is 39.2 Å². The van der Waals surface area contributed by atoms with Crippen molar-refractivity contribution in [1.29, 1.82) is 0 Å². The molecule has 5 rings (SSSR count). The first kappa shape index (κ1) is 21.7. The van der Waals surface area contributed by atoms with E-state index in [1.165, 1.54) is 28.6 Å². The third-order valence-electron chi connectivity index (χ3n) is 6.76. The van der Waals surface area contributed by atoms with Crippen LogP contribution in [0.25, 0.3) is 15.9 Å². The number of piperidine rings is 1. The lowest BCUT2D eigenvalue weighted by Crippen LogP contribution is -2.43. The Balaban J connectivity index is 1.55. The van der Waals surface area contributed by atoms with Gasteiger partial charge in [-0.15, -0.1) is 11.3 Å². The minimum Gasteiger partial charge on any atom is -0.339 e. The molecule has 2 aromatic heterocycles. The second kappa shape index (κ2) is 9.02. The number of aromatic nitrogens is 2. The van der Waals surface area contributed by atoms with Gasteiger partial charge in [0, 0.05) is 17.5 Å². The number of nitrogens with zero attached hydrogens (tertiary/aromatic N) is 3. The van der Waals surface area contributed by atoms with Gasteiger partial charge in [0.25, 0.3) is 5.56 Å². The first-order valence-corrected chi connectivity index (χ1v) is 13.4. The molecule has 1 aliphatic heterocycles. The number of carbonyl (C=O) groups is 1. The van der Waals surface area contributed by atoms with Crippen LogP contribution in [0.3, 0.4) is 0 Å². The fourth-order valence-electron chi connectivity index (χ4n) is 4.95. The van der Waals surface area contributed by atoms with Crippen LogP contribution in [0.5, 0.6) is 0 Å². The largest absolute Gasteiger partial charge is 0.339 e. The fourth-order valence-corrected chi connectivity index (χ4v) is 7.27. The number of thiophene rings is 1. The number of thioether (sulfide) groups is 1. The maximum Gasteiger partial charge on any atom is 0.267 e. The van der Waals surface area contributed by atoms with E-state index < -0.39 is 0 Å². The average Bonchev–Trinajstić information content (AvgIpc) is 3.16. The van der Waals surface area contributed by atoms with Gasteiger partial charge in [0.15, 0.2) is 5.16 Å². The van der Waals surface area contributed by atoms with E-state index in [4.69, 9.17) is 4.98 Å². The van der Waals surface area contributed by atoms with Gasteiger partial charge in [0.2, 0.25) is 5.91 Å². The number of para-hydroxylation sites is 1. The van der Waals surface area contributed by atoms with E-state index in [2.05, 4.69) is 13.8 Å². The van der Waals surface area contributed by atoms with Gasteiger partial charge in [0.05, 0.1) is 16.8 Å². The Morgan fingerprint density at radius 2 is 2.00 bits per heavy atom. The monoisotopic (exact) mass is 467 g/mol. The summed E-state index contributed by atoms with van der Waals surface area (Å²) in [5.74, 6) is 1.08. The van der Waals surface area contributed by atoms with Crippen LogP contribution in [0, 0.1) is 5.92 Å². The molecule has 0 spiro atoms. The maximum absolute atomic E-state index is 13.8. The summed E-state index contributed by atoms with van der Waals surface area (Å²) in [6, 6.07) is 9.98. The number of amides is 1. The van der Waals surface area contributed by atoms with Crippen molar-refractivity contribution in [2.45, 2.75) is 63.6 Å². The van der Waals surface area contributed by atoms with E-state index in [9.17, 15) is 9.59 Å². The fraction of sp³-hybridized carbons (Fsp3) is 0.480. The van der Waals surface area contributed by atoms with Crippen LogP contribution in [0.4, 0.5) is 0 Å². The third kappa shape index (κ3) is 4.01. The lowest BCUT2D eigenvalue weighted by atomic mass is 9.89. The maximum atomic E-state index is 13.8. The molecule has 1 aliphatic carbocycles. The van der Waals surface area contributed by atoms with Gasteiger partial charge in [-0.2, -0.15) is 0 Å². The predicted molar refractivity (Wildman–Crippen MR) is 132 cm³/mol. The smallest absolute Gasteiger partial charge is 0.267 e. The van der Waals surface area contributed by atoms with E-state index in [0.717, 1.165) is 54.6 Å². The molecule has 2 unspecified atom stereocenters. The van der Waals surface area contributed by atoms with E-state index in [1.54, 1.807) is 15.9 Å². The lowest BCUT2D eigenvalue weighted by Gasteiger charge is -2.33. The highest BCUT2D eigenvalue weighted by atomic mass is 32.2. The molecule has 1 fully saturated rings. The third-order valence-corrected chi connectivity index (χ3v) is 8.83. The lowest BCUT2D eigenvalue weighted by molar-refractivity contribution is -0.131. The summed E-state index contributed by atoms with van der Waals surface area (Å²) >= 11 is 3.05. The molecule has 1 saturated heterocycles. The number of fused-ring (bicyclic) bond motifs is 3. The molecule has 0 bridgehead atoms. The average molecular weight is 468 g/mol. The Bertz CT molecular complexity index is 1200. The standard InChI is InChI=1S/C25H29N3O2S2/c1-16-11-12-19-20(14-16)32-23-22(19)24(30)28(18-9-4-3-5-10-18)25(26-23)31-15-21(29)27-13-7-6-8-17(27)2/h3-5,9-10,16-17H,6-8,11-15H2,1-2H3. The number of likely N-dealkylation sites (tertiary alicyclic amines) is 1. The van der Waals surface area contributed by atoms with E-state index in [-0.39, 0.29) is 17.5 Å². The second-order valence-electron chi connectivity index (χ2n) is 9.12. The highest BCUT2D eigenvalue weighted by Gasteiger charge is 2.27. The van der Waals surface area contributed by atoms with Crippen molar-refractivity contribution in [2.75, 3.05) is 12.3 Å². The zero-order valence-electron chi connectivity index (χ0n) is 18.7. The van der Waals surface area contributed by atoms with Gasteiger partial charge in [-0.1, -0.05) is 36.9 Å². The molecule has 5 nitrogen and oxygen atoms in total. The van der Waals surface area contributed by atoms with Crippen molar-refractivity contribution < 1.29 is 4.79 Å². The number of hydrogen-bond acceptors (Lipinski definition) is 5. The van der Waals surface area contributed by atoms with Crippen LogP contribution >= 0.6 is 23.1 Å². The Morgan fingerprint density at radius 3 is 2.78 bits per heavy atom. The molecule has 168 valence electrons. The van der Waals surface area contributed by atoms with Gasteiger partial charge in [-0.05, 0) is 69.1 Å². The molecule has 3 heterocycles. The Kier molecular flexibility index (Phi) is 6.12. The van der Waals surface area contributed by atoms with Gasteiger partial charge in [0.1, 0.15) is 4.83 Å². The molecule has 3 aromatic rings. The van der Waals surface area contributed by atoms with Gasteiger partial charge < -0.3 is 4.90 Å². The van der Waals surface area contributed by atoms with E-state index in [1.807, 2.05) is 35.2 Å². The number of aryl methyl sites for hydroxylation is 1. The predicted octanol–water partition coefficient (Wildman–Crippen LogP) is 5.07. The first-order valence-electron chi connectivity index (χ1n) is 11.6. The highest BCUT2D eigenvalue weighted by Crippen LogP contribution is 2.37. The van der Waals surface area contributed by atoms with Crippen molar-refractivity contribution in [3.05, 3.63) is 51.1 Å². The van der Waals surface area contributed by atoms with Crippen molar-refractivity contribution in [2.24, 2.45) is 5.92 Å². The number of benzene rings is 1. The summed E-state index contributed by atoms with van der Waals surface area (Å²) in [6.45, 7) is 5.23. The van der Waals surface area contributed by atoms with Gasteiger partial charge in [-0.3, -0.25) is 14.2 Å². The SMILES string of the molecule is CC1CCc2c(sc3nc(SCC(=O)N4CCCCC4C)n(-c4ccccc4)c(=O)c23)C1. The zero-order chi connectivity index (χ0) is 22.2. The molecule has 2 aliphatic rings. The molecule has 1 aromatic carbocycles. The quantitative estimate of drug-likeness (QED) is 0.397. The topological polar surface area (TPSA) is 55.2 Å². The molecule has 7 heteroatoms. The molecule has 32 heavy (non-hydrogen) atoms. The molecule has 0 saturated carbocycles. The highest BCUT2D eigenvalue weighted by molar-refractivity contribution is 7.99. The summed E-state index contributed by atoms with van der Waals surface area (Å²) in [5.41, 5.74) is 1.99. The van der Waals surface area contributed by atoms with Crippen LogP contribution in [0.15, 0.2) is 40.3 Å². The van der Waals surface area contributed by atoms with Crippen molar-refractivity contribution in [1.82, 2.24) is 14.5 Å². The Hall–Kier alpha value is -2.12. The summed E-state index contributed by atoms with van der Waals surface area (Å²) in [5, 5.41) is 1.39. The number of hydrogen-bond donors (Lipinski definition) is 0. The summed E-state index contributed by atoms with van der Waals surface area (Å²) in [6.07, 6.45) is 6.40. The molecule has 0 N–H and O–H groups in total. The second-order valence-corrected chi connectivity index (χ2v) is 11.1. The van der Waals surface area contributed by atoms with Crippen LogP contribution in [0.1, 0.15) is 50.0 Å². The van der Waals surface area contributed by atoms with Crippen LogP contribution in [-0.4, -0.2) is 38.7 Å². The van der Waals surface area contributed by atoms with E-state index >= 15 is 0 Å². The van der Waals surface area contributed by atoms with Crippen molar-refractivity contribution in [3.8, 4) is 5.69 Å². The van der Waals surface area contributed by atoms with E-state index in [0.29, 0.717) is 16.8 Å². The minimum absolute atomic E-state index is 0.00505. The molecular formula is C25H29N3O2S2. The van der Waals surface area contributed by atoms with Gasteiger partial charge >= 0.3 is 0 Å². The minimum atomic E-state index is -0.00505. The summed E-state index contributed by atoms with van der Waals surface area (Å²) in [4.78, 5) is 35.8. The van der Waals surface area contributed by atoms with Crippen molar-refractivity contribution in [3.63, 3.8) is 0 Å². The normalized spacial score (nSPS) is 21.0. The van der Waals surface area contributed by atoms with Crippen LogP contribution in [-0.2, 0) is 17.6 Å². The van der Waals surface area contributed by atoms with Crippen LogP contribution in [0.2, 0.25) is 0 Å². The molecule has 0 radical (unpaired) electrons. The first-order chi connectivity index (χ1) is 15.5. The summed E-state index contributed by atoms with van der Waals surface area (Å²) in [7, 11) is 0. The zero-order valence-corrected chi connectivity index (χ0v) is 20.3. The molecule has 1 amide bonds. The Labute approximate surface area is 196 Å². The molecule has 2 atom stereocenters. The van der Waals surface area contributed by atoms with Gasteiger partial charge in [-0.25, -0.2) is 4.98 Å². The molecular weight excluding hydrogens is 438 g/mol. The van der Waals surface area contributed by atoms with Crippen LogP contribution < -0.4 is 5.56 Å². The number of carbonyl (C=O) groups excluding carboxylic acids is 1. The summed E-state index contributed by atoms with van der Waals surface area (Å²) < 4.78 is 1.71. The number of rotatable bonds is 4. The Morgan fingerprint density at radius 1 is 1.19 bits per heavy atom.